The summed E-state index contributed by atoms with van der Waals surface area (Å²) in [5.41, 5.74) is 0.300. The fourth-order valence-electron chi connectivity index (χ4n) is 2.92. The Labute approximate surface area is 109 Å². The van der Waals surface area contributed by atoms with Crippen molar-refractivity contribution < 1.29 is 0 Å². The summed E-state index contributed by atoms with van der Waals surface area (Å²) in [4.78, 5) is 2.62. The highest BCUT2D eigenvalue weighted by Crippen LogP contribution is 2.26. The summed E-state index contributed by atoms with van der Waals surface area (Å²) < 4.78 is 0. The van der Waals surface area contributed by atoms with Crippen LogP contribution in [-0.4, -0.2) is 36.1 Å². The number of nitrogens with zero attached hydrogens (tertiary/aromatic N) is 1. The molecule has 0 radical (unpaired) electrons. The first-order valence-electron chi connectivity index (χ1n) is 7.58. The molecule has 0 heterocycles. The van der Waals surface area contributed by atoms with Crippen LogP contribution in [-0.2, 0) is 0 Å². The Hall–Kier alpha value is -0.0800. The van der Waals surface area contributed by atoms with Gasteiger partial charge >= 0.3 is 0 Å². The smallest absolute Gasteiger partial charge is 0.0331 e. The molecule has 0 amide bonds. The SMILES string of the molecule is CCCCC(NCC)C(C)(CC)N(CC)CC. The molecule has 0 aliphatic heterocycles. The molecule has 2 nitrogen and oxygen atoms in total. The van der Waals surface area contributed by atoms with Crippen LogP contribution in [0.25, 0.3) is 0 Å². The third-order valence-electron chi connectivity index (χ3n) is 4.25. The molecular formula is C15H34N2. The fourth-order valence-corrected chi connectivity index (χ4v) is 2.92. The molecule has 0 saturated heterocycles. The molecule has 0 aromatic rings. The largest absolute Gasteiger partial charge is 0.312 e. The van der Waals surface area contributed by atoms with Gasteiger partial charge in [-0.15, -0.1) is 0 Å². The summed E-state index contributed by atoms with van der Waals surface area (Å²) in [5, 5.41) is 3.72. The van der Waals surface area contributed by atoms with Crippen LogP contribution in [0.15, 0.2) is 0 Å². The number of rotatable bonds is 10. The summed E-state index contributed by atoms with van der Waals surface area (Å²) in [6.45, 7) is 17.2. The highest BCUT2D eigenvalue weighted by Gasteiger charge is 2.35. The van der Waals surface area contributed by atoms with Gasteiger partial charge in [0, 0.05) is 11.6 Å². The maximum Gasteiger partial charge on any atom is 0.0331 e. The second-order valence-electron chi connectivity index (χ2n) is 5.14. The van der Waals surface area contributed by atoms with Gasteiger partial charge in [-0.1, -0.05) is 47.5 Å². The van der Waals surface area contributed by atoms with Gasteiger partial charge in [0.05, 0.1) is 0 Å². The van der Waals surface area contributed by atoms with Crippen LogP contribution < -0.4 is 5.32 Å². The van der Waals surface area contributed by atoms with E-state index >= 15 is 0 Å². The van der Waals surface area contributed by atoms with Crippen LogP contribution in [0, 0.1) is 0 Å². The normalized spacial score (nSPS) is 17.1. The average Bonchev–Trinajstić information content (AvgIpc) is 2.35. The number of hydrogen-bond donors (Lipinski definition) is 1. The molecule has 2 heteroatoms. The van der Waals surface area contributed by atoms with Crippen molar-refractivity contribution in [2.24, 2.45) is 0 Å². The lowest BCUT2D eigenvalue weighted by Crippen LogP contribution is -2.59. The van der Waals surface area contributed by atoms with Crippen molar-refractivity contribution in [2.45, 2.75) is 78.8 Å². The maximum atomic E-state index is 3.72. The molecule has 1 N–H and O–H groups in total. The Morgan fingerprint density at radius 2 is 1.65 bits per heavy atom. The molecule has 0 spiro atoms. The number of unbranched alkanes of at least 4 members (excludes halogenated alkanes) is 1. The third-order valence-corrected chi connectivity index (χ3v) is 4.25. The number of nitrogens with one attached hydrogen (secondary N) is 1. The molecule has 0 rings (SSSR count). The monoisotopic (exact) mass is 242 g/mol. The molecule has 17 heavy (non-hydrogen) atoms. The molecule has 0 aliphatic rings. The van der Waals surface area contributed by atoms with Gasteiger partial charge in [0.1, 0.15) is 0 Å². The van der Waals surface area contributed by atoms with Gasteiger partial charge in [0.25, 0.3) is 0 Å². The Balaban J connectivity index is 4.81. The standard InChI is InChI=1S/C15H34N2/c1-7-12-13-14(16-9-3)15(6,8-2)17(10-4)11-5/h14,16H,7-13H2,1-6H3. The minimum atomic E-state index is 0.300. The lowest BCUT2D eigenvalue weighted by molar-refractivity contribution is 0.0664. The fraction of sp³-hybridized carbons (Fsp3) is 1.00. The van der Waals surface area contributed by atoms with Crippen molar-refractivity contribution in [3.63, 3.8) is 0 Å². The van der Waals surface area contributed by atoms with Crippen molar-refractivity contribution in [2.75, 3.05) is 19.6 Å². The molecule has 2 unspecified atom stereocenters. The van der Waals surface area contributed by atoms with Crippen molar-refractivity contribution in [3.05, 3.63) is 0 Å². The lowest BCUT2D eigenvalue weighted by atomic mass is 9.84. The van der Waals surface area contributed by atoms with E-state index < -0.39 is 0 Å². The van der Waals surface area contributed by atoms with Gasteiger partial charge < -0.3 is 5.32 Å². The highest BCUT2D eigenvalue weighted by molar-refractivity contribution is 4.95. The first kappa shape index (κ1) is 16.9. The molecule has 0 aromatic carbocycles. The van der Waals surface area contributed by atoms with Crippen molar-refractivity contribution >= 4 is 0 Å². The van der Waals surface area contributed by atoms with E-state index in [9.17, 15) is 0 Å². The Bertz CT molecular complexity index is 178. The Morgan fingerprint density at radius 3 is 2.00 bits per heavy atom. The zero-order chi connectivity index (χ0) is 13.3. The van der Waals surface area contributed by atoms with Gasteiger partial charge in [0.2, 0.25) is 0 Å². The second-order valence-corrected chi connectivity index (χ2v) is 5.14. The summed E-state index contributed by atoms with van der Waals surface area (Å²) in [6.07, 6.45) is 5.13. The van der Waals surface area contributed by atoms with Gasteiger partial charge in [-0.3, -0.25) is 4.90 Å². The Morgan fingerprint density at radius 1 is 1.06 bits per heavy atom. The van der Waals surface area contributed by atoms with Crippen LogP contribution in [0.5, 0.6) is 0 Å². The molecule has 2 atom stereocenters. The number of hydrogen-bond acceptors (Lipinski definition) is 2. The predicted molar refractivity (Wildman–Crippen MR) is 78.6 cm³/mol. The zero-order valence-corrected chi connectivity index (χ0v) is 13.0. The molecular weight excluding hydrogens is 208 g/mol. The van der Waals surface area contributed by atoms with E-state index in [-0.39, 0.29) is 0 Å². The predicted octanol–water partition coefficient (Wildman–Crippen LogP) is 3.67. The van der Waals surface area contributed by atoms with Crippen molar-refractivity contribution in [1.29, 1.82) is 0 Å². The molecule has 0 aromatic heterocycles. The zero-order valence-electron chi connectivity index (χ0n) is 13.0. The van der Waals surface area contributed by atoms with E-state index in [2.05, 4.69) is 51.8 Å². The van der Waals surface area contributed by atoms with Gasteiger partial charge in [-0.2, -0.15) is 0 Å². The first-order chi connectivity index (χ1) is 8.10. The quantitative estimate of drug-likeness (QED) is 0.629. The van der Waals surface area contributed by atoms with E-state index in [4.69, 9.17) is 0 Å². The maximum absolute atomic E-state index is 3.72. The highest BCUT2D eigenvalue weighted by atomic mass is 15.2. The van der Waals surface area contributed by atoms with Crippen molar-refractivity contribution in [3.8, 4) is 0 Å². The van der Waals surface area contributed by atoms with Gasteiger partial charge in [0.15, 0.2) is 0 Å². The van der Waals surface area contributed by atoms with Crippen LogP contribution in [0.1, 0.15) is 67.2 Å². The molecule has 0 fully saturated rings. The van der Waals surface area contributed by atoms with Crippen LogP contribution >= 0.6 is 0 Å². The topological polar surface area (TPSA) is 15.3 Å². The minimum absolute atomic E-state index is 0.300. The van der Waals surface area contributed by atoms with Gasteiger partial charge in [-0.05, 0) is 39.4 Å². The van der Waals surface area contributed by atoms with E-state index in [1.54, 1.807) is 0 Å². The molecule has 0 saturated carbocycles. The molecule has 104 valence electrons. The molecule has 0 bridgehead atoms. The van der Waals surface area contributed by atoms with Gasteiger partial charge in [-0.25, -0.2) is 0 Å². The molecule has 0 aliphatic carbocycles. The second kappa shape index (κ2) is 8.93. The third kappa shape index (κ3) is 4.59. The number of likely N-dealkylation sites (N-methyl/N-ethyl adjacent to an activating group) is 2. The first-order valence-corrected chi connectivity index (χ1v) is 7.58. The summed E-state index contributed by atoms with van der Waals surface area (Å²) in [6, 6.07) is 0.623. The van der Waals surface area contributed by atoms with Crippen LogP contribution in [0.3, 0.4) is 0 Å². The van der Waals surface area contributed by atoms with Crippen LogP contribution in [0.4, 0.5) is 0 Å². The van der Waals surface area contributed by atoms with E-state index in [1.165, 1.54) is 25.7 Å². The van der Waals surface area contributed by atoms with E-state index in [0.717, 1.165) is 19.6 Å². The van der Waals surface area contributed by atoms with Crippen molar-refractivity contribution in [1.82, 2.24) is 10.2 Å². The Kier molecular flexibility index (Phi) is 8.89. The van der Waals surface area contributed by atoms with E-state index in [1.807, 2.05) is 0 Å². The summed E-state index contributed by atoms with van der Waals surface area (Å²) >= 11 is 0. The van der Waals surface area contributed by atoms with E-state index in [0.29, 0.717) is 11.6 Å². The minimum Gasteiger partial charge on any atom is -0.312 e. The van der Waals surface area contributed by atoms with Crippen LogP contribution in [0.2, 0.25) is 0 Å². The summed E-state index contributed by atoms with van der Waals surface area (Å²) in [5.74, 6) is 0. The average molecular weight is 242 g/mol. The summed E-state index contributed by atoms with van der Waals surface area (Å²) in [7, 11) is 0. The lowest BCUT2D eigenvalue weighted by Gasteiger charge is -2.46.